The van der Waals surface area contributed by atoms with Gasteiger partial charge in [-0.25, -0.2) is 0 Å². The zero-order valence-corrected chi connectivity index (χ0v) is 11.5. The third kappa shape index (κ3) is 5.83. The number of carbonyl (C=O) groups is 1. The van der Waals surface area contributed by atoms with Crippen molar-refractivity contribution in [2.24, 2.45) is 5.92 Å². The molecular formula is C11H21IO2. The molecule has 0 radical (unpaired) electrons. The van der Waals surface area contributed by atoms with Gasteiger partial charge in [-0.2, -0.15) is 0 Å². The molecule has 14 heavy (non-hydrogen) atoms. The minimum Gasteiger partial charge on any atom is -0.462 e. The van der Waals surface area contributed by atoms with Crippen LogP contribution in [0.4, 0.5) is 0 Å². The normalized spacial score (nSPS) is 14.9. The molecule has 2 nitrogen and oxygen atoms in total. The van der Waals surface area contributed by atoms with Crippen molar-refractivity contribution in [3.8, 4) is 0 Å². The number of ether oxygens (including phenoxy) is 1. The molecule has 3 heteroatoms. The molecule has 2 atom stereocenters. The van der Waals surface area contributed by atoms with E-state index in [0.29, 0.717) is 0 Å². The predicted octanol–water partition coefficient (Wildman–Crippen LogP) is 3.57. The van der Waals surface area contributed by atoms with E-state index in [4.69, 9.17) is 4.74 Å². The lowest BCUT2D eigenvalue weighted by atomic mass is 10.00. The van der Waals surface area contributed by atoms with Crippen molar-refractivity contribution in [2.45, 2.75) is 52.6 Å². The maximum absolute atomic E-state index is 11.6. The van der Waals surface area contributed by atoms with Gasteiger partial charge >= 0.3 is 5.97 Å². The quantitative estimate of drug-likeness (QED) is 0.408. The summed E-state index contributed by atoms with van der Waals surface area (Å²) in [6.45, 7) is 6.14. The summed E-state index contributed by atoms with van der Waals surface area (Å²) >= 11 is 2.23. The van der Waals surface area contributed by atoms with Gasteiger partial charge in [0.2, 0.25) is 0 Å². The number of carbonyl (C=O) groups excluding carboxylic acids is 1. The summed E-state index contributed by atoms with van der Waals surface area (Å²) < 4.78 is 6.17. The van der Waals surface area contributed by atoms with Crippen molar-refractivity contribution in [3.63, 3.8) is 0 Å². The van der Waals surface area contributed by atoms with Crippen molar-refractivity contribution in [2.75, 3.05) is 4.43 Å². The SMILES string of the molecule is CCCCC(CC)C(=O)OC(C)CI. The molecular weight excluding hydrogens is 291 g/mol. The second-order valence-electron chi connectivity index (χ2n) is 3.65. The Morgan fingerprint density at radius 3 is 2.50 bits per heavy atom. The van der Waals surface area contributed by atoms with E-state index in [9.17, 15) is 4.79 Å². The summed E-state index contributed by atoms with van der Waals surface area (Å²) in [4.78, 5) is 11.6. The van der Waals surface area contributed by atoms with Gasteiger partial charge in [-0.15, -0.1) is 0 Å². The number of hydrogen-bond donors (Lipinski definition) is 0. The largest absolute Gasteiger partial charge is 0.462 e. The smallest absolute Gasteiger partial charge is 0.309 e. The highest BCUT2D eigenvalue weighted by molar-refractivity contribution is 14.1. The highest BCUT2D eigenvalue weighted by atomic mass is 127. The minimum atomic E-state index is -0.00915. The fourth-order valence-corrected chi connectivity index (χ4v) is 1.44. The maximum atomic E-state index is 11.6. The fraction of sp³-hybridized carbons (Fsp3) is 0.909. The molecule has 0 amide bonds. The Kier molecular flexibility index (Phi) is 8.63. The van der Waals surface area contributed by atoms with Crippen LogP contribution in [0.3, 0.4) is 0 Å². The third-order valence-electron chi connectivity index (χ3n) is 2.27. The molecule has 0 bridgehead atoms. The van der Waals surface area contributed by atoms with Crippen molar-refractivity contribution < 1.29 is 9.53 Å². The molecule has 0 aliphatic rings. The average Bonchev–Trinajstić information content (AvgIpc) is 2.18. The van der Waals surface area contributed by atoms with Crippen LogP contribution in [0.1, 0.15) is 46.5 Å². The minimum absolute atomic E-state index is 0.00915. The Balaban J connectivity index is 3.90. The van der Waals surface area contributed by atoms with Gasteiger partial charge < -0.3 is 4.74 Å². The van der Waals surface area contributed by atoms with Gasteiger partial charge in [-0.3, -0.25) is 4.79 Å². The lowest BCUT2D eigenvalue weighted by Gasteiger charge is -2.16. The average molecular weight is 312 g/mol. The lowest BCUT2D eigenvalue weighted by molar-refractivity contribution is -0.152. The van der Waals surface area contributed by atoms with E-state index < -0.39 is 0 Å². The summed E-state index contributed by atoms with van der Waals surface area (Å²) in [6, 6.07) is 0. The molecule has 0 saturated carbocycles. The van der Waals surface area contributed by atoms with Crippen molar-refractivity contribution >= 4 is 28.6 Å². The maximum Gasteiger partial charge on any atom is 0.309 e. The summed E-state index contributed by atoms with van der Waals surface area (Å²) in [5, 5.41) is 0. The lowest BCUT2D eigenvalue weighted by Crippen LogP contribution is -2.23. The highest BCUT2D eigenvalue weighted by Gasteiger charge is 2.18. The molecule has 0 aromatic carbocycles. The summed E-state index contributed by atoms with van der Waals surface area (Å²) in [5.74, 6) is 0.102. The number of alkyl halides is 1. The van der Waals surface area contributed by atoms with E-state index in [2.05, 4.69) is 36.4 Å². The molecule has 0 rings (SSSR count). The van der Waals surface area contributed by atoms with Crippen LogP contribution in [0, 0.1) is 5.92 Å². The third-order valence-corrected chi connectivity index (χ3v) is 3.51. The summed E-state index contributed by atoms with van der Waals surface area (Å²) in [5.41, 5.74) is 0. The standard InChI is InChI=1S/C11H21IO2/c1-4-6-7-10(5-2)11(13)14-9(3)8-12/h9-10H,4-8H2,1-3H3. The molecule has 0 spiro atoms. The van der Waals surface area contributed by atoms with E-state index in [0.717, 1.165) is 30.1 Å². The summed E-state index contributed by atoms with van der Waals surface area (Å²) in [7, 11) is 0. The van der Waals surface area contributed by atoms with Crippen molar-refractivity contribution in [1.82, 2.24) is 0 Å². The van der Waals surface area contributed by atoms with E-state index in [1.807, 2.05) is 6.92 Å². The Labute approximate surface area is 101 Å². The first-order valence-corrected chi connectivity index (χ1v) is 6.94. The van der Waals surface area contributed by atoms with Crippen LogP contribution in [0.25, 0.3) is 0 Å². The first-order valence-electron chi connectivity index (χ1n) is 5.42. The van der Waals surface area contributed by atoms with Crippen LogP contribution in [0.15, 0.2) is 0 Å². The van der Waals surface area contributed by atoms with Crippen LogP contribution in [-0.4, -0.2) is 16.5 Å². The monoisotopic (exact) mass is 312 g/mol. The van der Waals surface area contributed by atoms with Gasteiger partial charge in [-0.1, -0.05) is 49.3 Å². The van der Waals surface area contributed by atoms with E-state index in [1.54, 1.807) is 0 Å². The Morgan fingerprint density at radius 1 is 1.43 bits per heavy atom. The molecule has 0 aromatic rings. The summed E-state index contributed by atoms with van der Waals surface area (Å²) in [6.07, 6.45) is 4.18. The Bertz CT molecular complexity index is 159. The van der Waals surface area contributed by atoms with E-state index in [1.165, 1.54) is 0 Å². The number of hydrogen-bond acceptors (Lipinski definition) is 2. The van der Waals surface area contributed by atoms with Gasteiger partial charge in [0.15, 0.2) is 0 Å². The Hall–Kier alpha value is 0.200. The van der Waals surface area contributed by atoms with Gasteiger partial charge in [0.05, 0.1) is 5.92 Å². The molecule has 0 aliphatic carbocycles. The molecule has 0 aliphatic heterocycles. The van der Waals surface area contributed by atoms with Gasteiger partial charge in [0, 0.05) is 4.43 Å². The number of esters is 1. The van der Waals surface area contributed by atoms with Crippen LogP contribution < -0.4 is 0 Å². The zero-order valence-electron chi connectivity index (χ0n) is 9.38. The first kappa shape index (κ1) is 14.2. The first-order chi connectivity index (χ1) is 6.65. The highest BCUT2D eigenvalue weighted by Crippen LogP contribution is 2.15. The van der Waals surface area contributed by atoms with Crippen LogP contribution in [0.2, 0.25) is 0 Å². The molecule has 0 aromatic heterocycles. The van der Waals surface area contributed by atoms with E-state index >= 15 is 0 Å². The molecule has 0 saturated heterocycles. The molecule has 2 unspecified atom stereocenters. The van der Waals surface area contributed by atoms with E-state index in [-0.39, 0.29) is 18.0 Å². The Morgan fingerprint density at radius 2 is 2.07 bits per heavy atom. The molecule has 84 valence electrons. The molecule has 0 fully saturated rings. The van der Waals surface area contributed by atoms with Crippen molar-refractivity contribution in [3.05, 3.63) is 0 Å². The van der Waals surface area contributed by atoms with Gasteiger partial charge in [0.25, 0.3) is 0 Å². The van der Waals surface area contributed by atoms with Gasteiger partial charge in [-0.05, 0) is 19.8 Å². The zero-order chi connectivity index (χ0) is 11.0. The van der Waals surface area contributed by atoms with Crippen molar-refractivity contribution in [1.29, 1.82) is 0 Å². The van der Waals surface area contributed by atoms with Crippen LogP contribution in [-0.2, 0) is 9.53 Å². The molecule has 0 N–H and O–H groups in total. The number of halogens is 1. The number of unbranched alkanes of at least 4 members (excludes halogenated alkanes) is 1. The molecule has 0 heterocycles. The van der Waals surface area contributed by atoms with Gasteiger partial charge in [0.1, 0.15) is 6.10 Å². The second-order valence-corrected chi connectivity index (χ2v) is 4.53. The second kappa shape index (κ2) is 8.50. The predicted molar refractivity (Wildman–Crippen MR) is 67.7 cm³/mol. The number of rotatable bonds is 7. The van der Waals surface area contributed by atoms with Crippen LogP contribution in [0.5, 0.6) is 0 Å². The topological polar surface area (TPSA) is 26.3 Å². The van der Waals surface area contributed by atoms with Crippen LogP contribution >= 0.6 is 22.6 Å². The fourth-order valence-electron chi connectivity index (χ4n) is 1.27.